The molecule has 0 spiro atoms. The van der Waals surface area contributed by atoms with Crippen molar-refractivity contribution >= 4 is 43.9 Å². The van der Waals surface area contributed by atoms with Crippen LogP contribution in [-0.2, 0) is 19.7 Å². The molecule has 1 rings (SSSR count). The first-order valence-corrected chi connectivity index (χ1v) is 11.6. The predicted molar refractivity (Wildman–Crippen MR) is 129 cm³/mol. The molecule has 30 heavy (non-hydrogen) atoms. The first-order chi connectivity index (χ1) is 14.1. The molecule has 0 bridgehead atoms. The molecule has 1 aromatic carbocycles. The Hall–Kier alpha value is -1.54. The molecule has 0 unspecified atom stereocenters. The van der Waals surface area contributed by atoms with Gasteiger partial charge in [-0.05, 0) is 55.0 Å². The predicted octanol–water partition coefficient (Wildman–Crippen LogP) is 6.40. The van der Waals surface area contributed by atoms with Gasteiger partial charge in [-0.15, -0.1) is 0 Å². The maximum absolute atomic E-state index is 11.5. The lowest BCUT2D eigenvalue weighted by atomic mass is 9.87. The van der Waals surface area contributed by atoms with Gasteiger partial charge in [0.05, 0.1) is 15.5 Å². The Kier molecular flexibility index (Phi) is 17.5. The Bertz CT molecular complexity index is 634. The summed E-state index contributed by atoms with van der Waals surface area (Å²) in [6.07, 6.45) is 0.449. The summed E-state index contributed by atoms with van der Waals surface area (Å²) in [6, 6.07) is 4.02. The highest BCUT2D eigenvalue weighted by atomic mass is 79.9. The molecule has 6 nitrogen and oxygen atoms in total. The van der Waals surface area contributed by atoms with Crippen molar-refractivity contribution in [1.29, 1.82) is 0 Å². The van der Waals surface area contributed by atoms with E-state index in [9.17, 15) is 9.59 Å². The Morgan fingerprint density at radius 1 is 1.00 bits per heavy atom. The number of amides is 1. The molecule has 1 aromatic rings. The van der Waals surface area contributed by atoms with E-state index in [4.69, 9.17) is 14.2 Å². The van der Waals surface area contributed by atoms with Crippen LogP contribution < -0.4 is 10.1 Å². The lowest BCUT2D eigenvalue weighted by molar-refractivity contribution is -0.137. The molecule has 1 amide bonds. The van der Waals surface area contributed by atoms with Crippen molar-refractivity contribution in [3.05, 3.63) is 39.3 Å². The van der Waals surface area contributed by atoms with Gasteiger partial charge in [0.1, 0.15) is 25.6 Å². The van der Waals surface area contributed by atoms with Crippen molar-refractivity contribution in [3.8, 4) is 5.75 Å². The lowest BCUT2D eigenvalue weighted by Gasteiger charge is -2.21. The SMILES string of the molecule is C=CC(=O)OCCNC(=O)OCCOc1c(Br)cc(C(C)(C)C)cc1Br.CC.CC. The van der Waals surface area contributed by atoms with E-state index < -0.39 is 12.1 Å². The van der Waals surface area contributed by atoms with E-state index >= 15 is 0 Å². The fourth-order valence-electron chi connectivity index (χ4n) is 1.82. The van der Waals surface area contributed by atoms with E-state index in [2.05, 4.69) is 64.5 Å². The normalized spacial score (nSPS) is 9.77. The first kappa shape index (κ1) is 30.7. The summed E-state index contributed by atoms with van der Waals surface area (Å²) in [4.78, 5) is 22.3. The Labute approximate surface area is 198 Å². The fraction of sp³-hybridized carbons (Fsp3) is 0.545. The van der Waals surface area contributed by atoms with Crippen molar-refractivity contribution < 1.29 is 23.8 Å². The van der Waals surface area contributed by atoms with E-state index in [-0.39, 0.29) is 31.8 Å². The third-order valence-corrected chi connectivity index (χ3v) is 4.39. The van der Waals surface area contributed by atoms with Gasteiger partial charge < -0.3 is 19.5 Å². The standard InChI is InChI=1S/C18H23Br2NO5.2C2H6/c1-5-15(22)24-7-6-21-17(23)26-9-8-25-16-13(19)10-12(11-14(16)20)18(2,3)4;2*1-2/h5,10-11H,1,6-9H2,2-4H3,(H,21,23);2*1-2H3. The zero-order chi connectivity index (χ0) is 23.7. The smallest absolute Gasteiger partial charge is 0.407 e. The lowest BCUT2D eigenvalue weighted by Crippen LogP contribution is -2.29. The quantitative estimate of drug-likeness (QED) is 0.229. The molecule has 0 heterocycles. The van der Waals surface area contributed by atoms with Crippen LogP contribution in [0, 0.1) is 0 Å². The maximum atomic E-state index is 11.5. The molecular weight excluding hydrogens is 518 g/mol. The Balaban J connectivity index is 0. The summed E-state index contributed by atoms with van der Waals surface area (Å²) >= 11 is 7.02. The summed E-state index contributed by atoms with van der Waals surface area (Å²) < 4.78 is 17.0. The highest BCUT2D eigenvalue weighted by Crippen LogP contribution is 2.38. The average molecular weight is 553 g/mol. The number of ether oxygens (including phenoxy) is 3. The molecule has 0 aliphatic heterocycles. The van der Waals surface area contributed by atoms with E-state index in [1.165, 1.54) is 0 Å². The van der Waals surface area contributed by atoms with Crippen molar-refractivity contribution in [3.63, 3.8) is 0 Å². The van der Waals surface area contributed by atoms with E-state index in [0.717, 1.165) is 20.6 Å². The van der Waals surface area contributed by atoms with Crippen LogP contribution in [0.5, 0.6) is 5.75 Å². The first-order valence-electron chi connectivity index (χ1n) is 9.97. The van der Waals surface area contributed by atoms with Crippen LogP contribution >= 0.6 is 31.9 Å². The summed E-state index contributed by atoms with van der Waals surface area (Å²) in [5.41, 5.74) is 1.18. The number of carbonyl (C=O) groups excluding carboxylic acids is 2. The molecule has 0 atom stereocenters. The molecule has 0 aliphatic rings. The van der Waals surface area contributed by atoms with Gasteiger partial charge in [-0.1, -0.05) is 55.0 Å². The third kappa shape index (κ3) is 12.9. The highest BCUT2D eigenvalue weighted by molar-refractivity contribution is 9.11. The zero-order valence-electron chi connectivity index (χ0n) is 19.1. The van der Waals surface area contributed by atoms with Gasteiger partial charge in [-0.3, -0.25) is 0 Å². The minimum atomic E-state index is -0.607. The maximum Gasteiger partial charge on any atom is 0.407 e. The second-order valence-corrected chi connectivity index (χ2v) is 8.01. The van der Waals surface area contributed by atoms with Crippen molar-refractivity contribution in [2.75, 3.05) is 26.4 Å². The van der Waals surface area contributed by atoms with Gasteiger partial charge in [0.15, 0.2) is 0 Å². The monoisotopic (exact) mass is 551 g/mol. The Morgan fingerprint density at radius 2 is 1.53 bits per heavy atom. The molecule has 1 N–H and O–H groups in total. The van der Waals surface area contributed by atoms with Crippen molar-refractivity contribution in [1.82, 2.24) is 5.32 Å². The summed E-state index contributed by atoms with van der Waals surface area (Å²) in [6.45, 7) is 18.2. The van der Waals surface area contributed by atoms with E-state index in [0.29, 0.717) is 5.75 Å². The number of esters is 1. The highest BCUT2D eigenvalue weighted by Gasteiger charge is 2.18. The van der Waals surface area contributed by atoms with Gasteiger partial charge in [-0.2, -0.15) is 0 Å². The van der Waals surface area contributed by atoms with Crippen LogP contribution in [0.3, 0.4) is 0 Å². The van der Waals surface area contributed by atoms with Gasteiger partial charge in [-0.25, -0.2) is 9.59 Å². The molecule has 0 radical (unpaired) electrons. The van der Waals surface area contributed by atoms with Crippen LogP contribution in [0.2, 0.25) is 0 Å². The number of rotatable bonds is 8. The average Bonchev–Trinajstić information content (AvgIpc) is 2.72. The molecular formula is C22H35Br2NO5. The summed E-state index contributed by atoms with van der Waals surface area (Å²) in [5, 5.41) is 2.46. The van der Waals surface area contributed by atoms with Gasteiger partial charge in [0.2, 0.25) is 0 Å². The number of halogens is 2. The number of carbonyl (C=O) groups is 2. The van der Waals surface area contributed by atoms with Crippen molar-refractivity contribution in [2.24, 2.45) is 0 Å². The minimum absolute atomic E-state index is 0.0186. The van der Waals surface area contributed by atoms with Gasteiger partial charge in [0.25, 0.3) is 0 Å². The van der Waals surface area contributed by atoms with Crippen molar-refractivity contribution in [2.45, 2.75) is 53.9 Å². The molecule has 0 aromatic heterocycles. The molecule has 8 heteroatoms. The zero-order valence-corrected chi connectivity index (χ0v) is 22.2. The van der Waals surface area contributed by atoms with E-state index in [1.807, 2.05) is 39.8 Å². The number of alkyl carbamates (subject to hydrolysis) is 1. The molecule has 0 saturated carbocycles. The molecule has 0 aliphatic carbocycles. The van der Waals surface area contributed by atoms with Gasteiger partial charge in [0, 0.05) is 6.08 Å². The largest absolute Gasteiger partial charge is 0.488 e. The molecule has 0 saturated heterocycles. The van der Waals surface area contributed by atoms with Crippen LogP contribution in [0.4, 0.5) is 4.79 Å². The van der Waals surface area contributed by atoms with E-state index in [1.54, 1.807) is 0 Å². The summed E-state index contributed by atoms with van der Waals surface area (Å²) in [7, 11) is 0. The fourth-order valence-corrected chi connectivity index (χ4v) is 3.24. The second kappa shape index (κ2) is 17.2. The number of nitrogens with one attached hydrogen (secondary N) is 1. The Morgan fingerprint density at radius 3 is 2.00 bits per heavy atom. The van der Waals surface area contributed by atoms with Crippen LogP contribution in [0.25, 0.3) is 0 Å². The molecule has 0 fully saturated rings. The molecule has 172 valence electrons. The van der Waals surface area contributed by atoms with Crippen LogP contribution in [0.1, 0.15) is 54.0 Å². The number of benzene rings is 1. The summed E-state index contributed by atoms with van der Waals surface area (Å²) in [5.74, 6) is 0.112. The minimum Gasteiger partial charge on any atom is -0.488 e. The number of hydrogen-bond acceptors (Lipinski definition) is 5. The van der Waals surface area contributed by atoms with Crippen LogP contribution in [0.15, 0.2) is 33.7 Å². The number of hydrogen-bond donors (Lipinski definition) is 1. The third-order valence-electron chi connectivity index (χ3n) is 3.21. The topological polar surface area (TPSA) is 73.9 Å². The van der Waals surface area contributed by atoms with Crippen LogP contribution in [-0.4, -0.2) is 38.4 Å². The second-order valence-electron chi connectivity index (χ2n) is 6.30. The van der Waals surface area contributed by atoms with Gasteiger partial charge >= 0.3 is 12.1 Å².